The molecule has 1 saturated heterocycles. The number of ketones is 1. The van der Waals surface area contributed by atoms with Gasteiger partial charge in [0.05, 0.1) is 10.6 Å². The summed E-state index contributed by atoms with van der Waals surface area (Å²) in [6.45, 7) is 1.37. The van der Waals surface area contributed by atoms with Gasteiger partial charge in [-0.25, -0.2) is 4.98 Å². The molecular weight excluding hydrogens is 360 g/mol. The maximum atomic E-state index is 12.8. The van der Waals surface area contributed by atoms with Crippen molar-refractivity contribution in [2.75, 3.05) is 18.0 Å². The normalized spacial score (nSPS) is 17.1. The predicted molar refractivity (Wildman–Crippen MR) is 106 cm³/mol. The first-order valence-corrected chi connectivity index (χ1v) is 9.82. The van der Waals surface area contributed by atoms with Gasteiger partial charge in [-0.05, 0) is 36.4 Å². The molecule has 4 heterocycles. The van der Waals surface area contributed by atoms with Crippen LogP contribution in [0, 0.1) is 5.92 Å². The zero-order valence-corrected chi connectivity index (χ0v) is 15.9. The van der Waals surface area contributed by atoms with Crippen LogP contribution in [-0.4, -0.2) is 33.4 Å². The highest BCUT2D eigenvalue weighted by Crippen LogP contribution is 2.26. The van der Waals surface area contributed by atoms with Crippen molar-refractivity contribution in [2.24, 2.45) is 13.0 Å². The molecule has 138 valence electrons. The van der Waals surface area contributed by atoms with Crippen molar-refractivity contribution in [1.29, 1.82) is 0 Å². The molecule has 0 bridgehead atoms. The molecule has 0 spiro atoms. The summed E-state index contributed by atoms with van der Waals surface area (Å²) in [4.78, 5) is 36.9. The maximum absolute atomic E-state index is 12.8. The number of aromatic nitrogens is 3. The van der Waals surface area contributed by atoms with Crippen molar-refractivity contribution in [2.45, 2.75) is 12.8 Å². The van der Waals surface area contributed by atoms with Crippen LogP contribution in [0.1, 0.15) is 22.5 Å². The molecule has 7 heteroatoms. The largest absolute Gasteiger partial charge is 0.341 e. The topological polar surface area (TPSA) is 68.1 Å². The lowest BCUT2D eigenvalue weighted by Crippen LogP contribution is -2.41. The van der Waals surface area contributed by atoms with E-state index in [0.29, 0.717) is 18.2 Å². The number of hydrogen-bond acceptors (Lipinski definition) is 6. The highest BCUT2D eigenvalue weighted by molar-refractivity contribution is 7.12. The molecule has 0 radical (unpaired) electrons. The summed E-state index contributed by atoms with van der Waals surface area (Å²) in [5.41, 5.74) is 1.37. The summed E-state index contributed by atoms with van der Waals surface area (Å²) in [5.74, 6) is 0.724. The smallest absolute Gasteiger partial charge is 0.255 e. The van der Waals surface area contributed by atoms with Crippen LogP contribution in [0.5, 0.6) is 0 Å². The van der Waals surface area contributed by atoms with E-state index in [1.54, 1.807) is 24.0 Å². The fourth-order valence-electron chi connectivity index (χ4n) is 3.47. The summed E-state index contributed by atoms with van der Waals surface area (Å²) in [6, 6.07) is 9.00. The number of Topliss-reactive ketones (excluding diaryl/α,β-unsaturated/α-hetero) is 1. The van der Waals surface area contributed by atoms with Crippen molar-refractivity contribution < 1.29 is 4.79 Å². The summed E-state index contributed by atoms with van der Waals surface area (Å²) < 4.78 is 1.56. The van der Waals surface area contributed by atoms with E-state index in [0.717, 1.165) is 29.8 Å². The minimum absolute atomic E-state index is 0.0705. The van der Waals surface area contributed by atoms with Gasteiger partial charge in [0.25, 0.3) is 5.56 Å². The van der Waals surface area contributed by atoms with Gasteiger partial charge in [0.1, 0.15) is 0 Å². The van der Waals surface area contributed by atoms with Gasteiger partial charge in [-0.1, -0.05) is 6.07 Å². The second kappa shape index (κ2) is 7.44. The zero-order valence-electron chi connectivity index (χ0n) is 15.0. The fourth-order valence-corrected chi connectivity index (χ4v) is 4.22. The Kier molecular flexibility index (Phi) is 4.85. The number of carbonyl (C=O) groups is 1. The number of hydrogen-bond donors (Lipinski definition) is 0. The van der Waals surface area contributed by atoms with Gasteiger partial charge in [0, 0.05) is 50.1 Å². The van der Waals surface area contributed by atoms with Crippen molar-refractivity contribution in [3.63, 3.8) is 0 Å². The Morgan fingerprint density at radius 3 is 2.81 bits per heavy atom. The van der Waals surface area contributed by atoms with E-state index in [1.807, 2.05) is 29.6 Å². The molecule has 1 atom stereocenters. The SMILES string of the molecule is Cn1c(N2CCCC(C(=O)c3cccs3)C2)nc(-c2ccncc2)cc1=O. The lowest BCUT2D eigenvalue weighted by atomic mass is 9.93. The molecular formula is C20H20N4O2S. The molecule has 1 unspecified atom stereocenters. The highest BCUT2D eigenvalue weighted by Gasteiger charge is 2.29. The maximum Gasteiger partial charge on any atom is 0.255 e. The van der Waals surface area contributed by atoms with Gasteiger partial charge in [-0.3, -0.25) is 19.1 Å². The molecule has 0 N–H and O–H groups in total. The molecule has 3 aromatic heterocycles. The molecule has 1 fully saturated rings. The molecule has 1 aliphatic rings. The second-order valence-electron chi connectivity index (χ2n) is 6.70. The minimum Gasteiger partial charge on any atom is -0.341 e. The van der Waals surface area contributed by atoms with E-state index in [1.165, 1.54) is 17.4 Å². The van der Waals surface area contributed by atoms with Crippen LogP contribution in [0.3, 0.4) is 0 Å². The van der Waals surface area contributed by atoms with E-state index in [4.69, 9.17) is 4.98 Å². The van der Waals surface area contributed by atoms with Crippen molar-refractivity contribution >= 4 is 23.1 Å². The van der Waals surface area contributed by atoms with Crippen molar-refractivity contribution in [3.8, 4) is 11.3 Å². The Bertz CT molecular complexity index is 999. The average Bonchev–Trinajstić information content (AvgIpc) is 3.25. The minimum atomic E-state index is -0.112. The molecule has 3 aromatic rings. The summed E-state index contributed by atoms with van der Waals surface area (Å²) in [6.07, 6.45) is 5.14. The first-order valence-electron chi connectivity index (χ1n) is 8.94. The number of thiophene rings is 1. The van der Waals surface area contributed by atoms with Crippen molar-refractivity contribution in [3.05, 3.63) is 63.3 Å². The third-order valence-electron chi connectivity index (χ3n) is 4.93. The quantitative estimate of drug-likeness (QED) is 0.651. The Balaban J connectivity index is 1.65. The van der Waals surface area contributed by atoms with Crippen LogP contribution in [-0.2, 0) is 7.05 Å². The molecule has 6 nitrogen and oxygen atoms in total. The lowest BCUT2D eigenvalue weighted by molar-refractivity contribution is 0.0911. The van der Waals surface area contributed by atoms with E-state index < -0.39 is 0 Å². The zero-order chi connectivity index (χ0) is 18.8. The van der Waals surface area contributed by atoms with Crippen LogP contribution >= 0.6 is 11.3 Å². The number of nitrogens with zero attached hydrogens (tertiary/aromatic N) is 4. The standard InChI is InChI=1S/C20H20N4O2S/c1-23-18(25)12-16(14-6-8-21-9-7-14)22-20(23)24-10-2-4-15(13-24)19(26)17-5-3-11-27-17/h3,5-9,11-12,15H,2,4,10,13H2,1H3. The molecule has 4 rings (SSSR count). The molecule has 27 heavy (non-hydrogen) atoms. The molecule has 0 aromatic carbocycles. The van der Waals surface area contributed by atoms with Gasteiger partial charge < -0.3 is 4.90 Å². The summed E-state index contributed by atoms with van der Waals surface area (Å²) in [5, 5.41) is 1.93. The molecule has 0 amide bonds. The third kappa shape index (κ3) is 3.55. The van der Waals surface area contributed by atoms with Gasteiger partial charge in [-0.15, -0.1) is 11.3 Å². The highest BCUT2D eigenvalue weighted by atomic mass is 32.1. The van der Waals surface area contributed by atoms with Crippen LogP contribution in [0.25, 0.3) is 11.3 Å². The van der Waals surface area contributed by atoms with E-state index in [2.05, 4.69) is 9.88 Å². The molecule has 1 aliphatic heterocycles. The molecule has 0 saturated carbocycles. The average molecular weight is 380 g/mol. The van der Waals surface area contributed by atoms with E-state index in [9.17, 15) is 9.59 Å². The Morgan fingerprint density at radius 2 is 2.07 bits per heavy atom. The third-order valence-corrected chi connectivity index (χ3v) is 5.81. The van der Waals surface area contributed by atoms with E-state index >= 15 is 0 Å². The number of piperidine rings is 1. The Labute approximate surface area is 161 Å². The van der Waals surface area contributed by atoms with Crippen LogP contribution in [0.2, 0.25) is 0 Å². The number of anilines is 1. The predicted octanol–water partition coefficient (Wildman–Crippen LogP) is 3.00. The Hall–Kier alpha value is -2.80. The lowest BCUT2D eigenvalue weighted by Gasteiger charge is -2.33. The molecule has 0 aliphatic carbocycles. The van der Waals surface area contributed by atoms with Gasteiger partial charge >= 0.3 is 0 Å². The van der Waals surface area contributed by atoms with E-state index in [-0.39, 0.29) is 17.3 Å². The first kappa shape index (κ1) is 17.6. The van der Waals surface area contributed by atoms with Gasteiger partial charge in [-0.2, -0.15) is 0 Å². The first-order chi connectivity index (χ1) is 13.1. The number of pyridine rings is 1. The van der Waals surface area contributed by atoms with Crippen LogP contribution in [0.4, 0.5) is 5.95 Å². The van der Waals surface area contributed by atoms with Gasteiger partial charge in [0.2, 0.25) is 5.95 Å². The second-order valence-corrected chi connectivity index (χ2v) is 7.65. The summed E-state index contributed by atoms with van der Waals surface area (Å²) in [7, 11) is 1.73. The monoisotopic (exact) mass is 380 g/mol. The fraction of sp³-hybridized carbons (Fsp3) is 0.300. The summed E-state index contributed by atoms with van der Waals surface area (Å²) >= 11 is 1.48. The number of rotatable bonds is 4. The number of carbonyl (C=O) groups excluding carboxylic acids is 1. The van der Waals surface area contributed by atoms with Crippen LogP contribution < -0.4 is 10.5 Å². The van der Waals surface area contributed by atoms with Gasteiger partial charge in [0.15, 0.2) is 5.78 Å². The Morgan fingerprint density at radius 1 is 1.26 bits per heavy atom. The van der Waals surface area contributed by atoms with Crippen molar-refractivity contribution in [1.82, 2.24) is 14.5 Å². The van der Waals surface area contributed by atoms with Crippen LogP contribution in [0.15, 0.2) is 52.9 Å².